The van der Waals surface area contributed by atoms with E-state index in [0.717, 1.165) is 16.9 Å². The van der Waals surface area contributed by atoms with Gasteiger partial charge < -0.3 is 0 Å². The van der Waals surface area contributed by atoms with Crippen LogP contribution in [0.5, 0.6) is 0 Å². The Morgan fingerprint density at radius 1 is 1.05 bits per heavy atom. The minimum Gasteiger partial charge on any atom is -0.130 e. The van der Waals surface area contributed by atoms with Crippen molar-refractivity contribution in [3.8, 4) is 0 Å². The average molecular weight is 299 g/mol. The van der Waals surface area contributed by atoms with E-state index in [1.54, 1.807) is 5.57 Å². The van der Waals surface area contributed by atoms with Gasteiger partial charge in [0.2, 0.25) is 0 Å². The summed E-state index contributed by atoms with van der Waals surface area (Å²) in [6.45, 7) is 4.69. The molecule has 1 aromatic rings. The molecule has 0 spiro atoms. The van der Waals surface area contributed by atoms with Crippen LogP contribution in [0, 0.1) is 11.8 Å². The van der Waals surface area contributed by atoms with Crippen molar-refractivity contribution >= 4 is 29.3 Å². The molecule has 19 heavy (non-hydrogen) atoms. The van der Waals surface area contributed by atoms with Gasteiger partial charge in [-0.3, -0.25) is 0 Å². The molecular weight excluding hydrogens is 275 g/mol. The van der Waals surface area contributed by atoms with Crippen molar-refractivity contribution < 1.29 is 0 Å². The standard InChI is InChI=1S/C16H21Cl.CH3Cl/c1-12(2)15-7-3-13(4-8-15)11-14-5-9-16(17)10-6-14;1-2/h5-6,9-12,15H,3-4,7-8H2,1-2H3;1H3. The van der Waals surface area contributed by atoms with Crippen molar-refractivity contribution in [3.05, 3.63) is 40.4 Å². The highest BCUT2D eigenvalue weighted by Crippen LogP contribution is 2.33. The number of allylic oxidation sites excluding steroid dienone is 1. The van der Waals surface area contributed by atoms with Crippen LogP contribution in [-0.2, 0) is 0 Å². The monoisotopic (exact) mass is 298 g/mol. The molecule has 1 aliphatic carbocycles. The van der Waals surface area contributed by atoms with Crippen LogP contribution in [0.2, 0.25) is 5.02 Å². The summed E-state index contributed by atoms with van der Waals surface area (Å²) < 4.78 is 0. The quantitative estimate of drug-likeness (QED) is 0.552. The Labute approximate surface area is 127 Å². The fourth-order valence-electron chi connectivity index (χ4n) is 2.62. The molecule has 1 fully saturated rings. The van der Waals surface area contributed by atoms with Crippen LogP contribution >= 0.6 is 23.2 Å². The van der Waals surface area contributed by atoms with E-state index in [2.05, 4.69) is 43.7 Å². The summed E-state index contributed by atoms with van der Waals surface area (Å²) in [7, 11) is 0. The molecule has 1 aromatic carbocycles. The van der Waals surface area contributed by atoms with Crippen LogP contribution in [0.15, 0.2) is 29.8 Å². The van der Waals surface area contributed by atoms with Crippen molar-refractivity contribution in [2.75, 3.05) is 6.38 Å². The van der Waals surface area contributed by atoms with Gasteiger partial charge in [0.25, 0.3) is 0 Å². The number of benzene rings is 1. The second-order valence-corrected chi connectivity index (χ2v) is 5.87. The topological polar surface area (TPSA) is 0 Å². The molecule has 0 amide bonds. The highest BCUT2D eigenvalue weighted by molar-refractivity contribution is 6.30. The van der Waals surface area contributed by atoms with Crippen LogP contribution in [0.25, 0.3) is 6.08 Å². The molecule has 1 aliphatic rings. The van der Waals surface area contributed by atoms with Gasteiger partial charge in [-0.25, -0.2) is 0 Å². The first-order chi connectivity index (χ1) is 9.15. The van der Waals surface area contributed by atoms with Crippen LogP contribution in [0.4, 0.5) is 0 Å². The largest absolute Gasteiger partial charge is 0.130 e. The van der Waals surface area contributed by atoms with E-state index in [1.165, 1.54) is 37.6 Å². The summed E-state index contributed by atoms with van der Waals surface area (Å²) in [5.41, 5.74) is 2.89. The molecule has 0 aromatic heterocycles. The SMILES string of the molecule is CC(C)C1CCC(=Cc2ccc(Cl)cc2)CC1.CCl. The number of halogens is 2. The van der Waals surface area contributed by atoms with Crippen molar-refractivity contribution in [3.63, 3.8) is 0 Å². The molecule has 2 heteroatoms. The second-order valence-electron chi connectivity index (χ2n) is 5.44. The summed E-state index contributed by atoms with van der Waals surface area (Å²) in [6, 6.07) is 8.13. The molecule has 0 heterocycles. The summed E-state index contributed by atoms with van der Waals surface area (Å²) in [5.74, 6) is 1.77. The maximum atomic E-state index is 5.89. The molecule has 0 atom stereocenters. The third kappa shape index (κ3) is 5.58. The molecule has 0 N–H and O–H groups in total. The Bertz CT molecular complexity index is 380. The molecule has 106 valence electrons. The van der Waals surface area contributed by atoms with E-state index >= 15 is 0 Å². The van der Waals surface area contributed by atoms with Gasteiger partial charge in [-0.2, -0.15) is 0 Å². The van der Waals surface area contributed by atoms with Crippen molar-refractivity contribution in [2.24, 2.45) is 11.8 Å². The Morgan fingerprint density at radius 2 is 1.58 bits per heavy atom. The van der Waals surface area contributed by atoms with E-state index in [1.807, 2.05) is 12.1 Å². The number of rotatable bonds is 2. The van der Waals surface area contributed by atoms with Gasteiger partial charge in [0, 0.05) is 11.4 Å². The maximum Gasteiger partial charge on any atom is 0.0406 e. The maximum absolute atomic E-state index is 5.89. The van der Waals surface area contributed by atoms with Crippen molar-refractivity contribution in [1.82, 2.24) is 0 Å². The zero-order valence-corrected chi connectivity index (χ0v) is 13.6. The van der Waals surface area contributed by atoms with Gasteiger partial charge in [0.15, 0.2) is 0 Å². The molecule has 0 aliphatic heterocycles. The summed E-state index contributed by atoms with van der Waals surface area (Å²) >= 11 is 10.5. The van der Waals surface area contributed by atoms with E-state index in [0.29, 0.717) is 0 Å². The molecule has 1 saturated carbocycles. The lowest BCUT2D eigenvalue weighted by molar-refractivity contribution is 0.312. The predicted molar refractivity (Wildman–Crippen MR) is 88.0 cm³/mol. The van der Waals surface area contributed by atoms with Gasteiger partial charge in [-0.1, -0.05) is 49.2 Å². The van der Waals surface area contributed by atoms with Gasteiger partial charge in [-0.05, 0) is 55.2 Å². The lowest BCUT2D eigenvalue weighted by Crippen LogP contribution is -2.13. The molecule has 0 bridgehead atoms. The van der Waals surface area contributed by atoms with E-state index in [9.17, 15) is 0 Å². The normalized spacial score (nSPS) is 18.8. The minimum atomic E-state index is 0.815. The highest BCUT2D eigenvalue weighted by Gasteiger charge is 2.18. The Kier molecular flexibility index (Phi) is 7.56. The zero-order chi connectivity index (χ0) is 14.3. The first-order valence-electron chi connectivity index (χ1n) is 6.98. The average Bonchev–Trinajstić information content (AvgIpc) is 2.44. The van der Waals surface area contributed by atoms with Gasteiger partial charge in [0.1, 0.15) is 0 Å². The smallest absolute Gasteiger partial charge is 0.0406 e. The number of alkyl halides is 1. The number of hydrogen-bond donors (Lipinski definition) is 0. The molecular formula is C17H24Cl2. The lowest BCUT2D eigenvalue weighted by atomic mass is 9.79. The summed E-state index contributed by atoms with van der Waals surface area (Å²) in [6.07, 6.45) is 9.07. The fourth-order valence-corrected chi connectivity index (χ4v) is 2.74. The van der Waals surface area contributed by atoms with Crippen molar-refractivity contribution in [2.45, 2.75) is 39.5 Å². The van der Waals surface area contributed by atoms with Crippen LogP contribution < -0.4 is 0 Å². The van der Waals surface area contributed by atoms with Gasteiger partial charge >= 0.3 is 0 Å². The van der Waals surface area contributed by atoms with Gasteiger partial charge in [0.05, 0.1) is 0 Å². The highest BCUT2D eigenvalue weighted by atomic mass is 35.5. The molecule has 0 radical (unpaired) electrons. The minimum absolute atomic E-state index is 0.815. The predicted octanol–water partition coefficient (Wildman–Crippen LogP) is 6.42. The Balaban J connectivity index is 0.000000861. The third-order valence-electron chi connectivity index (χ3n) is 3.86. The first kappa shape index (κ1) is 16.6. The summed E-state index contributed by atoms with van der Waals surface area (Å²) in [5, 5.41) is 0.815. The molecule has 2 rings (SSSR count). The molecule has 0 saturated heterocycles. The fraction of sp³-hybridized carbons (Fsp3) is 0.529. The first-order valence-corrected chi connectivity index (χ1v) is 8.11. The summed E-state index contributed by atoms with van der Waals surface area (Å²) in [4.78, 5) is 0. The van der Waals surface area contributed by atoms with E-state index in [4.69, 9.17) is 11.6 Å². The Hall–Kier alpha value is -0.460. The zero-order valence-electron chi connectivity index (χ0n) is 12.1. The second kappa shape index (κ2) is 8.66. The van der Waals surface area contributed by atoms with Crippen LogP contribution in [-0.4, -0.2) is 6.38 Å². The van der Waals surface area contributed by atoms with Crippen LogP contribution in [0.3, 0.4) is 0 Å². The van der Waals surface area contributed by atoms with Crippen molar-refractivity contribution in [1.29, 1.82) is 0 Å². The Morgan fingerprint density at radius 3 is 2.05 bits per heavy atom. The molecule has 0 unspecified atom stereocenters. The lowest BCUT2D eigenvalue weighted by Gasteiger charge is -2.27. The van der Waals surface area contributed by atoms with Crippen LogP contribution in [0.1, 0.15) is 45.1 Å². The molecule has 0 nitrogen and oxygen atoms in total. The third-order valence-corrected chi connectivity index (χ3v) is 4.11. The number of hydrogen-bond acceptors (Lipinski definition) is 0. The van der Waals surface area contributed by atoms with Gasteiger partial charge in [-0.15, -0.1) is 11.6 Å². The van der Waals surface area contributed by atoms with E-state index in [-0.39, 0.29) is 0 Å². The van der Waals surface area contributed by atoms with E-state index < -0.39 is 0 Å².